The molecule has 8 nitrogen and oxygen atoms in total. The first-order valence-corrected chi connectivity index (χ1v) is 9.43. The molecule has 0 saturated carbocycles. The van der Waals surface area contributed by atoms with Crippen molar-refractivity contribution in [3.63, 3.8) is 0 Å². The predicted molar refractivity (Wildman–Crippen MR) is 101 cm³/mol. The molecule has 1 aliphatic rings. The first-order valence-electron chi connectivity index (χ1n) is 8.62. The Morgan fingerprint density at radius 2 is 2.07 bits per heavy atom. The van der Waals surface area contributed by atoms with E-state index in [0.717, 1.165) is 35.4 Å². The molecule has 2 aromatic heterocycles. The van der Waals surface area contributed by atoms with E-state index in [2.05, 4.69) is 27.8 Å². The molecule has 0 radical (unpaired) electrons. The van der Waals surface area contributed by atoms with Gasteiger partial charge >= 0.3 is 0 Å². The van der Waals surface area contributed by atoms with Gasteiger partial charge in [0.2, 0.25) is 0 Å². The van der Waals surface area contributed by atoms with Crippen LogP contribution in [-0.4, -0.2) is 32.0 Å². The third kappa shape index (κ3) is 3.33. The summed E-state index contributed by atoms with van der Waals surface area (Å²) >= 11 is 1.45. The molecule has 3 N–H and O–H groups in total. The van der Waals surface area contributed by atoms with Crippen LogP contribution in [0.3, 0.4) is 0 Å². The van der Waals surface area contributed by atoms with Crippen LogP contribution < -0.4 is 11.1 Å². The second-order valence-electron chi connectivity index (χ2n) is 6.68. The zero-order valence-corrected chi connectivity index (χ0v) is 15.5. The van der Waals surface area contributed by atoms with Crippen LogP contribution in [0.25, 0.3) is 5.69 Å². The van der Waals surface area contributed by atoms with E-state index in [4.69, 9.17) is 5.73 Å². The van der Waals surface area contributed by atoms with E-state index in [1.807, 2.05) is 0 Å². The second-order valence-corrected chi connectivity index (χ2v) is 7.78. The minimum atomic E-state index is -0.494. The lowest BCUT2D eigenvalue weighted by molar-refractivity contribution is 0.1000. The van der Waals surface area contributed by atoms with E-state index in [1.54, 1.807) is 24.3 Å². The molecule has 1 aromatic carbocycles. The fourth-order valence-corrected chi connectivity index (χ4v) is 4.73. The van der Waals surface area contributed by atoms with Gasteiger partial charge in [0, 0.05) is 10.4 Å². The number of fused-ring (bicyclic) bond motifs is 1. The third-order valence-electron chi connectivity index (χ3n) is 4.73. The number of anilines is 1. The lowest BCUT2D eigenvalue weighted by atomic mass is 9.88. The van der Waals surface area contributed by atoms with Gasteiger partial charge in [-0.2, -0.15) is 0 Å². The molecule has 138 valence electrons. The summed E-state index contributed by atoms with van der Waals surface area (Å²) in [5, 5.41) is 14.4. The normalized spacial score (nSPS) is 16.0. The average molecular weight is 382 g/mol. The van der Waals surface area contributed by atoms with Crippen LogP contribution in [-0.2, 0) is 12.8 Å². The van der Waals surface area contributed by atoms with Crippen molar-refractivity contribution in [1.29, 1.82) is 0 Å². The van der Waals surface area contributed by atoms with Crippen molar-refractivity contribution in [3.8, 4) is 5.69 Å². The maximum Gasteiger partial charge on any atom is 0.256 e. The number of carbonyl (C=O) groups excluding carboxylic acids is 2. The van der Waals surface area contributed by atoms with Crippen LogP contribution >= 0.6 is 11.3 Å². The fraction of sp³-hybridized carbons (Fsp3) is 0.278. The number of nitrogens with two attached hydrogens (primary N) is 1. The third-order valence-corrected chi connectivity index (χ3v) is 5.90. The number of aromatic nitrogens is 4. The second kappa shape index (κ2) is 6.92. The van der Waals surface area contributed by atoms with Gasteiger partial charge in [-0.05, 0) is 65.4 Å². The Kier molecular flexibility index (Phi) is 4.44. The fourth-order valence-electron chi connectivity index (χ4n) is 3.32. The SMILES string of the molecule is CC1CCc2c(sc(NC(=O)c3ccc(-n4cnnn4)cc3)c2C(N)=O)C1. The minimum Gasteiger partial charge on any atom is -0.365 e. The Labute approximate surface area is 159 Å². The minimum absolute atomic E-state index is 0.285. The van der Waals surface area contributed by atoms with Gasteiger partial charge in [-0.25, -0.2) is 4.68 Å². The van der Waals surface area contributed by atoms with Crippen molar-refractivity contribution in [2.75, 3.05) is 5.32 Å². The Morgan fingerprint density at radius 3 is 2.74 bits per heavy atom. The molecule has 0 fully saturated rings. The molecule has 1 unspecified atom stereocenters. The molecule has 0 saturated heterocycles. The maximum atomic E-state index is 12.7. The van der Waals surface area contributed by atoms with Gasteiger partial charge in [0.1, 0.15) is 11.3 Å². The van der Waals surface area contributed by atoms with Crippen molar-refractivity contribution < 1.29 is 9.59 Å². The number of tetrazole rings is 1. The van der Waals surface area contributed by atoms with Crippen molar-refractivity contribution in [2.45, 2.75) is 26.2 Å². The van der Waals surface area contributed by atoms with Crippen molar-refractivity contribution in [3.05, 3.63) is 52.2 Å². The van der Waals surface area contributed by atoms with Crippen molar-refractivity contribution in [1.82, 2.24) is 20.2 Å². The van der Waals surface area contributed by atoms with E-state index in [1.165, 1.54) is 22.3 Å². The Bertz CT molecular complexity index is 994. The maximum absolute atomic E-state index is 12.7. The summed E-state index contributed by atoms with van der Waals surface area (Å²) in [5.41, 5.74) is 8.27. The van der Waals surface area contributed by atoms with Crippen LogP contribution in [0.1, 0.15) is 44.5 Å². The number of nitrogens with one attached hydrogen (secondary N) is 1. The zero-order valence-electron chi connectivity index (χ0n) is 14.7. The van der Waals surface area contributed by atoms with Crippen molar-refractivity contribution >= 4 is 28.2 Å². The monoisotopic (exact) mass is 382 g/mol. The van der Waals surface area contributed by atoms with Gasteiger partial charge in [-0.3, -0.25) is 9.59 Å². The Hall–Kier alpha value is -3.07. The number of benzene rings is 1. The number of amides is 2. The van der Waals surface area contributed by atoms with Crippen LogP contribution in [0.5, 0.6) is 0 Å². The van der Waals surface area contributed by atoms with E-state index < -0.39 is 5.91 Å². The molecule has 2 heterocycles. The Balaban J connectivity index is 1.59. The molecule has 0 spiro atoms. The summed E-state index contributed by atoms with van der Waals surface area (Å²) in [6.45, 7) is 2.19. The van der Waals surface area contributed by atoms with Gasteiger partial charge < -0.3 is 11.1 Å². The first-order chi connectivity index (χ1) is 13.0. The molecule has 0 bridgehead atoms. The van der Waals surface area contributed by atoms with Crippen LogP contribution in [0.4, 0.5) is 5.00 Å². The lowest BCUT2D eigenvalue weighted by Crippen LogP contribution is -2.19. The number of rotatable bonds is 4. The van der Waals surface area contributed by atoms with E-state index in [0.29, 0.717) is 22.0 Å². The number of primary amides is 1. The molecular formula is C18H18N6O2S. The van der Waals surface area contributed by atoms with Crippen molar-refractivity contribution in [2.24, 2.45) is 11.7 Å². The Morgan fingerprint density at radius 1 is 1.30 bits per heavy atom. The molecule has 3 aromatic rings. The molecule has 27 heavy (non-hydrogen) atoms. The number of hydrogen-bond acceptors (Lipinski definition) is 6. The molecule has 1 atom stereocenters. The summed E-state index contributed by atoms with van der Waals surface area (Å²) in [6, 6.07) is 6.88. The highest BCUT2D eigenvalue weighted by atomic mass is 32.1. The summed E-state index contributed by atoms with van der Waals surface area (Å²) in [4.78, 5) is 25.8. The van der Waals surface area contributed by atoms with Gasteiger partial charge in [-0.1, -0.05) is 6.92 Å². The van der Waals surface area contributed by atoms with Crippen LogP contribution in [0.2, 0.25) is 0 Å². The van der Waals surface area contributed by atoms with Gasteiger partial charge in [0.25, 0.3) is 11.8 Å². The molecular weight excluding hydrogens is 364 g/mol. The summed E-state index contributed by atoms with van der Waals surface area (Å²) in [6.07, 6.45) is 4.24. The molecule has 2 amide bonds. The highest BCUT2D eigenvalue weighted by Gasteiger charge is 2.27. The smallest absolute Gasteiger partial charge is 0.256 e. The predicted octanol–water partition coefficient (Wildman–Crippen LogP) is 2.20. The first kappa shape index (κ1) is 17.3. The van der Waals surface area contributed by atoms with Crippen LogP contribution in [0.15, 0.2) is 30.6 Å². The standard InChI is InChI=1S/C18H18N6O2S/c1-10-2-7-13-14(8-10)27-18(15(13)16(19)25)21-17(26)11-3-5-12(6-4-11)24-9-20-22-23-24/h3-6,9-10H,2,7-8H2,1H3,(H2,19,25)(H,21,26). The molecule has 9 heteroatoms. The summed E-state index contributed by atoms with van der Waals surface area (Å²) < 4.78 is 1.50. The van der Waals surface area contributed by atoms with E-state index >= 15 is 0 Å². The number of carbonyl (C=O) groups is 2. The lowest BCUT2D eigenvalue weighted by Gasteiger charge is -2.18. The molecule has 4 rings (SSSR count). The summed E-state index contributed by atoms with van der Waals surface area (Å²) in [5.74, 6) is -0.210. The largest absolute Gasteiger partial charge is 0.365 e. The van der Waals surface area contributed by atoms with Gasteiger partial charge in [-0.15, -0.1) is 16.4 Å². The number of hydrogen-bond donors (Lipinski definition) is 2. The highest BCUT2D eigenvalue weighted by Crippen LogP contribution is 2.39. The highest BCUT2D eigenvalue weighted by molar-refractivity contribution is 7.17. The zero-order chi connectivity index (χ0) is 19.0. The van der Waals surface area contributed by atoms with E-state index in [-0.39, 0.29) is 5.91 Å². The average Bonchev–Trinajstić information content (AvgIpc) is 3.29. The quantitative estimate of drug-likeness (QED) is 0.718. The van der Waals surface area contributed by atoms with Gasteiger partial charge in [0.05, 0.1) is 11.3 Å². The number of thiophene rings is 1. The van der Waals surface area contributed by atoms with Crippen LogP contribution in [0, 0.1) is 5.92 Å². The number of nitrogens with zero attached hydrogens (tertiary/aromatic N) is 4. The molecule has 1 aliphatic carbocycles. The molecule has 0 aliphatic heterocycles. The topological polar surface area (TPSA) is 116 Å². The van der Waals surface area contributed by atoms with E-state index in [9.17, 15) is 9.59 Å². The van der Waals surface area contributed by atoms with Gasteiger partial charge in [0.15, 0.2) is 0 Å². The summed E-state index contributed by atoms with van der Waals surface area (Å²) in [7, 11) is 0.